The van der Waals surface area contributed by atoms with E-state index in [4.69, 9.17) is 16.3 Å². The molecule has 25 heavy (non-hydrogen) atoms. The van der Waals surface area contributed by atoms with Gasteiger partial charge in [0.15, 0.2) is 0 Å². The molecule has 0 aliphatic rings. The highest BCUT2D eigenvalue weighted by atomic mass is 35.5. The number of ether oxygens (including phenoxy) is 1. The molecule has 2 aromatic carbocycles. The normalized spacial score (nSPS) is 10.7. The second kappa shape index (κ2) is 7.11. The van der Waals surface area contributed by atoms with Crippen LogP contribution in [0.2, 0.25) is 5.02 Å². The molecule has 0 aliphatic heterocycles. The van der Waals surface area contributed by atoms with Gasteiger partial charge >= 0.3 is 0 Å². The van der Waals surface area contributed by atoms with Crippen molar-refractivity contribution in [1.29, 1.82) is 0 Å². The first-order valence-corrected chi connectivity index (χ1v) is 8.35. The van der Waals surface area contributed by atoms with Gasteiger partial charge in [0.1, 0.15) is 5.75 Å². The molecule has 1 heterocycles. The first kappa shape index (κ1) is 17.2. The summed E-state index contributed by atoms with van der Waals surface area (Å²) >= 11 is 6.02. The van der Waals surface area contributed by atoms with Crippen LogP contribution < -0.4 is 10.1 Å². The van der Waals surface area contributed by atoms with Crippen molar-refractivity contribution in [3.63, 3.8) is 0 Å². The number of nitrogens with zero attached hydrogens (tertiary/aromatic N) is 1. The molecular formula is C20H19ClN2O2. The van der Waals surface area contributed by atoms with Crippen molar-refractivity contribution in [2.24, 2.45) is 0 Å². The molecule has 5 heteroatoms. The molecule has 3 rings (SSSR count). The van der Waals surface area contributed by atoms with Crippen LogP contribution in [0.3, 0.4) is 0 Å². The topological polar surface area (TPSA) is 51.2 Å². The number of anilines is 1. The van der Waals surface area contributed by atoms with E-state index < -0.39 is 0 Å². The number of hydrogen-bond acceptors (Lipinski definition) is 3. The minimum atomic E-state index is -0.135. The van der Waals surface area contributed by atoms with E-state index >= 15 is 0 Å². The van der Waals surface area contributed by atoms with E-state index in [-0.39, 0.29) is 12.3 Å². The van der Waals surface area contributed by atoms with Gasteiger partial charge in [-0.15, -0.1) is 0 Å². The molecule has 0 spiro atoms. The number of pyridine rings is 1. The number of fused-ring (bicyclic) bond motifs is 1. The maximum Gasteiger partial charge on any atom is 0.228 e. The fraction of sp³-hybridized carbons (Fsp3) is 0.200. The lowest BCUT2D eigenvalue weighted by atomic mass is 9.99. The van der Waals surface area contributed by atoms with E-state index in [2.05, 4.69) is 10.3 Å². The Hall–Kier alpha value is -2.59. The molecule has 1 amide bonds. The maximum absolute atomic E-state index is 12.6. The fourth-order valence-electron chi connectivity index (χ4n) is 2.96. The molecule has 0 fully saturated rings. The van der Waals surface area contributed by atoms with Gasteiger partial charge in [0.2, 0.25) is 5.91 Å². The van der Waals surface area contributed by atoms with Crippen LogP contribution in [0.5, 0.6) is 5.75 Å². The Labute approximate surface area is 151 Å². The number of nitrogens with one attached hydrogen (secondary N) is 1. The summed E-state index contributed by atoms with van der Waals surface area (Å²) in [6.07, 6.45) is 0.241. The predicted molar refractivity (Wildman–Crippen MR) is 102 cm³/mol. The van der Waals surface area contributed by atoms with Gasteiger partial charge in [0, 0.05) is 16.1 Å². The average Bonchev–Trinajstić information content (AvgIpc) is 2.59. The SMILES string of the molecule is COc1ccc(Cl)cc1NC(=O)Cc1c(C)nc2ccccc2c1C. The molecule has 3 aromatic rings. The predicted octanol–water partition coefficient (Wildman–Crippen LogP) is 4.69. The highest BCUT2D eigenvalue weighted by Crippen LogP contribution is 2.28. The molecule has 128 valence electrons. The third-order valence-electron chi connectivity index (χ3n) is 4.26. The summed E-state index contributed by atoms with van der Waals surface area (Å²) in [5, 5.41) is 4.48. The van der Waals surface area contributed by atoms with Crippen LogP contribution in [0.15, 0.2) is 42.5 Å². The lowest BCUT2D eigenvalue weighted by Crippen LogP contribution is -2.17. The number of methoxy groups -OCH3 is 1. The van der Waals surface area contributed by atoms with Crippen molar-refractivity contribution >= 4 is 34.1 Å². The van der Waals surface area contributed by atoms with E-state index in [0.717, 1.165) is 27.7 Å². The average molecular weight is 355 g/mol. The van der Waals surface area contributed by atoms with Crippen molar-refractivity contribution in [1.82, 2.24) is 4.98 Å². The number of aryl methyl sites for hydroxylation is 2. The van der Waals surface area contributed by atoms with E-state index in [1.54, 1.807) is 25.3 Å². The molecule has 0 unspecified atom stereocenters. The molecule has 0 saturated carbocycles. The summed E-state index contributed by atoms with van der Waals surface area (Å²) < 4.78 is 5.27. The highest BCUT2D eigenvalue weighted by molar-refractivity contribution is 6.31. The first-order valence-electron chi connectivity index (χ1n) is 7.98. The van der Waals surface area contributed by atoms with E-state index in [1.807, 2.05) is 38.1 Å². The summed E-state index contributed by atoms with van der Waals surface area (Å²) in [7, 11) is 1.56. The van der Waals surface area contributed by atoms with Crippen molar-refractivity contribution in [3.05, 3.63) is 64.3 Å². The van der Waals surface area contributed by atoms with E-state index in [0.29, 0.717) is 16.5 Å². The van der Waals surface area contributed by atoms with Gasteiger partial charge in [-0.25, -0.2) is 0 Å². The number of rotatable bonds is 4. The zero-order valence-electron chi connectivity index (χ0n) is 14.4. The van der Waals surface area contributed by atoms with Crippen LogP contribution in [0, 0.1) is 13.8 Å². The highest BCUT2D eigenvalue weighted by Gasteiger charge is 2.14. The van der Waals surface area contributed by atoms with Gasteiger partial charge < -0.3 is 10.1 Å². The number of para-hydroxylation sites is 1. The Morgan fingerprint density at radius 3 is 2.72 bits per heavy atom. The molecule has 1 N–H and O–H groups in total. The summed E-state index contributed by atoms with van der Waals surface area (Å²) in [5.41, 5.74) is 4.39. The molecule has 4 nitrogen and oxygen atoms in total. The van der Waals surface area contributed by atoms with Crippen LogP contribution >= 0.6 is 11.6 Å². The Kier molecular flexibility index (Phi) is 4.91. The number of halogens is 1. The Bertz CT molecular complexity index is 954. The smallest absolute Gasteiger partial charge is 0.228 e. The molecule has 0 radical (unpaired) electrons. The number of hydrogen-bond donors (Lipinski definition) is 1. The Balaban J connectivity index is 1.89. The summed E-state index contributed by atoms with van der Waals surface area (Å²) in [4.78, 5) is 17.2. The van der Waals surface area contributed by atoms with Gasteiger partial charge in [0.05, 0.1) is 24.7 Å². The van der Waals surface area contributed by atoms with Gasteiger partial charge in [-0.05, 0) is 49.2 Å². The van der Waals surface area contributed by atoms with Crippen LogP contribution in [0.25, 0.3) is 10.9 Å². The fourth-order valence-corrected chi connectivity index (χ4v) is 3.14. The molecule has 0 bridgehead atoms. The molecule has 0 aliphatic carbocycles. The zero-order valence-corrected chi connectivity index (χ0v) is 15.1. The Morgan fingerprint density at radius 2 is 1.96 bits per heavy atom. The summed E-state index contributed by atoms with van der Waals surface area (Å²) in [5.74, 6) is 0.437. The third kappa shape index (κ3) is 3.59. The largest absolute Gasteiger partial charge is 0.495 e. The van der Waals surface area contributed by atoms with Crippen molar-refractivity contribution in [3.8, 4) is 5.75 Å². The second-order valence-corrected chi connectivity index (χ2v) is 6.32. The van der Waals surface area contributed by atoms with Gasteiger partial charge in [-0.2, -0.15) is 0 Å². The summed E-state index contributed by atoms with van der Waals surface area (Å²) in [6.45, 7) is 3.96. The lowest BCUT2D eigenvalue weighted by molar-refractivity contribution is -0.115. The molecule has 0 atom stereocenters. The number of benzene rings is 2. The van der Waals surface area contributed by atoms with Crippen molar-refractivity contribution in [2.45, 2.75) is 20.3 Å². The van der Waals surface area contributed by atoms with E-state index in [1.165, 1.54) is 0 Å². The number of carbonyl (C=O) groups excluding carboxylic acids is 1. The molecule has 1 aromatic heterocycles. The number of aromatic nitrogens is 1. The zero-order chi connectivity index (χ0) is 18.0. The first-order chi connectivity index (χ1) is 12.0. The van der Waals surface area contributed by atoms with Crippen LogP contribution in [0.4, 0.5) is 5.69 Å². The quantitative estimate of drug-likeness (QED) is 0.739. The number of amides is 1. The van der Waals surface area contributed by atoms with Crippen LogP contribution in [0.1, 0.15) is 16.8 Å². The molecular weight excluding hydrogens is 336 g/mol. The number of carbonyl (C=O) groups is 1. The second-order valence-electron chi connectivity index (χ2n) is 5.89. The van der Waals surface area contributed by atoms with Crippen molar-refractivity contribution in [2.75, 3.05) is 12.4 Å². The van der Waals surface area contributed by atoms with Gasteiger partial charge in [0.25, 0.3) is 0 Å². The van der Waals surface area contributed by atoms with Gasteiger partial charge in [-0.1, -0.05) is 29.8 Å². The Morgan fingerprint density at radius 1 is 1.20 bits per heavy atom. The van der Waals surface area contributed by atoms with Crippen molar-refractivity contribution < 1.29 is 9.53 Å². The molecule has 0 saturated heterocycles. The maximum atomic E-state index is 12.6. The summed E-state index contributed by atoms with van der Waals surface area (Å²) in [6, 6.07) is 13.1. The standard InChI is InChI=1S/C20H19ClN2O2/c1-12-15-6-4-5-7-17(15)22-13(2)16(12)11-20(24)23-18-10-14(21)8-9-19(18)25-3/h4-10H,11H2,1-3H3,(H,23,24). The minimum absolute atomic E-state index is 0.135. The minimum Gasteiger partial charge on any atom is -0.495 e. The van der Waals surface area contributed by atoms with Crippen LogP contribution in [-0.2, 0) is 11.2 Å². The van der Waals surface area contributed by atoms with Gasteiger partial charge in [-0.3, -0.25) is 9.78 Å². The third-order valence-corrected chi connectivity index (χ3v) is 4.49. The lowest BCUT2D eigenvalue weighted by Gasteiger charge is -2.14. The van der Waals surface area contributed by atoms with E-state index in [9.17, 15) is 4.79 Å². The van der Waals surface area contributed by atoms with Crippen LogP contribution in [-0.4, -0.2) is 18.0 Å². The monoisotopic (exact) mass is 354 g/mol.